The lowest BCUT2D eigenvalue weighted by molar-refractivity contribution is 0.0593. The second-order valence-corrected chi connectivity index (χ2v) is 5.74. The van der Waals surface area contributed by atoms with Crippen molar-refractivity contribution in [2.75, 3.05) is 18.5 Å². The molecule has 2 aliphatic rings. The first-order valence-corrected chi connectivity index (χ1v) is 7.56. The zero-order valence-electron chi connectivity index (χ0n) is 11.8. The van der Waals surface area contributed by atoms with E-state index in [1.165, 1.54) is 0 Å². The molecule has 1 fully saturated rings. The molecule has 21 heavy (non-hydrogen) atoms. The van der Waals surface area contributed by atoms with Crippen LogP contribution in [0.5, 0.6) is 5.75 Å². The molecule has 0 bridgehead atoms. The van der Waals surface area contributed by atoms with E-state index in [0.29, 0.717) is 12.1 Å². The maximum absolute atomic E-state index is 9.40. The first kappa shape index (κ1) is 12.7. The van der Waals surface area contributed by atoms with Gasteiger partial charge in [-0.2, -0.15) is 5.10 Å². The molecule has 3 heterocycles. The molecule has 5 heteroatoms. The third-order valence-electron chi connectivity index (χ3n) is 4.35. The van der Waals surface area contributed by atoms with Crippen LogP contribution in [0.15, 0.2) is 30.3 Å². The van der Waals surface area contributed by atoms with Gasteiger partial charge in [0.15, 0.2) is 0 Å². The van der Waals surface area contributed by atoms with Gasteiger partial charge in [-0.3, -0.25) is 0 Å². The van der Waals surface area contributed by atoms with Crippen LogP contribution in [0.1, 0.15) is 25.3 Å². The Kier molecular flexibility index (Phi) is 3.07. The molecule has 1 aromatic heterocycles. The van der Waals surface area contributed by atoms with Crippen LogP contribution in [0.4, 0.5) is 5.82 Å². The molecule has 2 atom stereocenters. The molecular formula is C16H19N3O2. The number of hydrogen-bond acceptors (Lipinski definition) is 4. The molecule has 1 saturated heterocycles. The number of nitrogens with one attached hydrogen (secondary N) is 1. The topological polar surface area (TPSA) is 59.3 Å². The minimum Gasteiger partial charge on any atom is -0.508 e. The quantitative estimate of drug-likeness (QED) is 0.890. The van der Waals surface area contributed by atoms with Gasteiger partial charge in [0.2, 0.25) is 0 Å². The number of phenols is 1. The van der Waals surface area contributed by atoms with Gasteiger partial charge in [0, 0.05) is 24.8 Å². The van der Waals surface area contributed by atoms with Gasteiger partial charge in [0.1, 0.15) is 11.6 Å². The van der Waals surface area contributed by atoms with Crippen molar-refractivity contribution in [3.05, 3.63) is 30.3 Å². The van der Waals surface area contributed by atoms with Crippen LogP contribution in [0.25, 0.3) is 11.3 Å². The zero-order chi connectivity index (χ0) is 14.2. The molecule has 0 amide bonds. The fourth-order valence-electron chi connectivity index (χ4n) is 3.27. The van der Waals surface area contributed by atoms with E-state index in [1.807, 2.05) is 12.1 Å². The van der Waals surface area contributed by atoms with Gasteiger partial charge in [-0.15, -0.1) is 0 Å². The van der Waals surface area contributed by atoms with Crippen LogP contribution in [0.2, 0.25) is 0 Å². The number of hydrogen-bond donors (Lipinski definition) is 2. The molecule has 1 aromatic carbocycles. The zero-order valence-corrected chi connectivity index (χ0v) is 11.8. The van der Waals surface area contributed by atoms with Crippen LogP contribution in [-0.4, -0.2) is 34.1 Å². The van der Waals surface area contributed by atoms with Crippen molar-refractivity contribution in [3.8, 4) is 17.0 Å². The number of benzene rings is 1. The van der Waals surface area contributed by atoms with Gasteiger partial charge >= 0.3 is 0 Å². The Morgan fingerprint density at radius 2 is 2.10 bits per heavy atom. The molecule has 2 unspecified atom stereocenters. The molecular weight excluding hydrogens is 266 g/mol. The van der Waals surface area contributed by atoms with Crippen molar-refractivity contribution >= 4 is 5.82 Å². The molecule has 0 aliphatic carbocycles. The lowest BCUT2D eigenvalue weighted by Gasteiger charge is -2.29. The minimum absolute atomic E-state index is 0.276. The van der Waals surface area contributed by atoms with E-state index in [4.69, 9.17) is 9.84 Å². The maximum atomic E-state index is 9.40. The van der Waals surface area contributed by atoms with Gasteiger partial charge in [0.05, 0.1) is 17.8 Å². The lowest BCUT2D eigenvalue weighted by Crippen LogP contribution is -2.31. The predicted octanol–water partition coefficient (Wildman–Crippen LogP) is 2.79. The average Bonchev–Trinajstić information content (AvgIpc) is 3.17. The van der Waals surface area contributed by atoms with Crippen LogP contribution in [0.3, 0.4) is 0 Å². The number of aromatic nitrogens is 2. The fourth-order valence-corrected chi connectivity index (χ4v) is 3.27. The summed E-state index contributed by atoms with van der Waals surface area (Å²) < 4.78 is 7.94. The number of anilines is 1. The van der Waals surface area contributed by atoms with Crippen molar-refractivity contribution < 1.29 is 9.84 Å². The third-order valence-corrected chi connectivity index (χ3v) is 4.35. The number of aromatic hydroxyl groups is 1. The Morgan fingerprint density at radius 1 is 1.24 bits per heavy atom. The fraction of sp³-hybridized carbons (Fsp3) is 0.438. The Morgan fingerprint density at radius 3 is 2.86 bits per heavy atom. The van der Waals surface area contributed by atoms with E-state index < -0.39 is 0 Å². The number of phenolic OH excluding ortho intramolecular Hbond substituents is 1. The minimum atomic E-state index is 0.276. The van der Waals surface area contributed by atoms with Gasteiger partial charge in [-0.25, -0.2) is 4.68 Å². The third kappa shape index (κ3) is 2.27. The van der Waals surface area contributed by atoms with E-state index in [0.717, 1.165) is 49.5 Å². The second-order valence-electron chi connectivity index (χ2n) is 5.74. The lowest BCUT2D eigenvalue weighted by atomic mass is 10.0. The summed E-state index contributed by atoms with van der Waals surface area (Å²) in [6.07, 6.45) is 3.61. The monoisotopic (exact) mass is 285 g/mol. The number of rotatable bonds is 2. The first-order valence-electron chi connectivity index (χ1n) is 7.56. The van der Waals surface area contributed by atoms with E-state index in [-0.39, 0.29) is 5.75 Å². The average molecular weight is 285 g/mol. The molecule has 0 saturated carbocycles. The summed E-state index contributed by atoms with van der Waals surface area (Å²) in [7, 11) is 0. The number of nitrogens with zero attached hydrogens (tertiary/aromatic N) is 2. The summed E-state index contributed by atoms with van der Waals surface area (Å²) in [6.45, 7) is 1.83. The SMILES string of the molecule is Oc1ccc(-c2cc3n(n2)C(C2CCCO2)CCN3)cc1. The summed E-state index contributed by atoms with van der Waals surface area (Å²) in [4.78, 5) is 0. The van der Waals surface area contributed by atoms with E-state index >= 15 is 0 Å². The predicted molar refractivity (Wildman–Crippen MR) is 80.4 cm³/mol. The standard InChI is InChI=1S/C16H19N3O2/c20-12-5-3-11(4-6-12)13-10-16-17-8-7-14(19(16)18-13)15-2-1-9-21-15/h3-6,10,14-15,17,20H,1-2,7-9H2. The summed E-state index contributed by atoms with van der Waals surface area (Å²) in [5.74, 6) is 1.34. The molecule has 5 nitrogen and oxygen atoms in total. The van der Waals surface area contributed by atoms with Crippen LogP contribution in [-0.2, 0) is 4.74 Å². The first-order chi connectivity index (χ1) is 10.3. The summed E-state index contributed by atoms with van der Waals surface area (Å²) in [5, 5.41) is 17.6. The molecule has 4 rings (SSSR count). The smallest absolute Gasteiger partial charge is 0.125 e. The van der Waals surface area contributed by atoms with Gasteiger partial charge in [-0.1, -0.05) is 0 Å². The highest BCUT2D eigenvalue weighted by atomic mass is 16.5. The Balaban J connectivity index is 1.68. The molecule has 2 aromatic rings. The van der Waals surface area contributed by atoms with Gasteiger partial charge in [-0.05, 0) is 43.5 Å². The molecule has 110 valence electrons. The molecule has 0 spiro atoms. The van der Waals surface area contributed by atoms with E-state index in [1.54, 1.807) is 12.1 Å². The van der Waals surface area contributed by atoms with E-state index in [9.17, 15) is 5.11 Å². The highest BCUT2D eigenvalue weighted by molar-refractivity contribution is 5.64. The Labute approximate surface area is 123 Å². The molecule has 2 N–H and O–H groups in total. The van der Waals surface area contributed by atoms with Crippen LogP contribution < -0.4 is 5.32 Å². The normalized spacial score (nSPS) is 24.6. The van der Waals surface area contributed by atoms with Crippen LogP contribution in [0, 0.1) is 0 Å². The highest BCUT2D eigenvalue weighted by Gasteiger charge is 2.32. The van der Waals surface area contributed by atoms with Crippen molar-refractivity contribution in [1.29, 1.82) is 0 Å². The number of ether oxygens (including phenoxy) is 1. The van der Waals surface area contributed by atoms with E-state index in [2.05, 4.69) is 16.1 Å². The second kappa shape index (κ2) is 5.07. The maximum Gasteiger partial charge on any atom is 0.125 e. The van der Waals surface area contributed by atoms with Crippen molar-refractivity contribution in [3.63, 3.8) is 0 Å². The molecule has 0 radical (unpaired) electrons. The summed E-state index contributed by atoms with van der Waals surface area (Å²) in [5.41, 5.74) is 1.95. The van der Waals surface area contributed by atoms with Crippen molar-refractivity contribution in [2.24, 2.45) is 0 Å². The summed E-state index contributed by atoms with van der Waals surface area (Å²) >= 11 is 0. The number of fused-ring (bicyclic) bond motifs is 1. The Bertz CT molecular complexity index is 629. The Hall–Kier alpha value is -2.01. The van der Waals surface area contributed by atoms with Gasteiger partial charge in [0.25, 0.3) is 0 Å². The molecule has 2 aliphatic heterocycles. The van der Waals surface area contributed by atoms with Crippen molar-refractivity contribution in [2.45, 2.75) is 31.4 Å². The van der Waals surface area contributed by atoms with Crippen LogP contribution >= 0.6 is 0 Å². The van der Waals surface area contributed by atoms with Gasteiger partial charge < -0.3 is 15.2 Å². The summed E-state index contributed by atoms with van der Waals surface area (Å²) in [6, 6.07) is 9.58. The highest BCUT2D eigenvalue weighted by Crippen LogP contribution is 2.34. The largest absolute Gasteiger partial charge is 0.508 e. The van der Waals surface area contributed by atoms with Crippen molar-refractivity contribution in [1.82, 2.24) is 9.78 Å².